The van der Waals surface area contributed by atoms with Gasteiger partial charge in [-0.15, -0.1) is 0 Å². The number of para-hydroxylation sites is 1. The highest BCUT2D eigenvalue weighted by Gasteiger charge is 2.55. The first kappa shape index (κ1) is 17.6. The number of oxazole rings is 1. The molecule has 3 aliphatic rings. The van der Waals surface area contributed by atoms with E-state index in [2.05, 4.69) is 31.1 Å². The fourth-order valence-corrected chi connectivity index (χ4v) is 5.09. The molecule has 5 rings (SSSR count). The van der Waals surface area contributed by atoms with Gasteiger partial charge in [-0.3, -0.25) is 0 Å². The standard InChI is InChI=1S/C22H30N2O2/c1-5-25-20-9-7-6-8-17(20)21-24-16(13-26-21)12-23-19-11-15-10-18(14(19)2)22(15,3)4/h6-9,13-15,18-19,23H,5,10-12H2,1-4H3/t14-,15+,18-,19?/m1/s1. The van der Waals surface area contributed by atoms with E-state index in [4.69, 9.17) is 9.15 Å². The summed E-state index contributed by atoms with van der Waals surface area (Å²) in [6.07, 6.45) is 4.46. The van der Waals surface area contributed by atoms with Gasteiger partial charge in [-0.1, -0.05) is 32.9 Å². The number of fused-ring (bicyclic) bond motifs is 2. The van der Waals surface area contributed by atoms with Crippen LogP contribution in [0.15, 0.2) is 34.9 Å². The highest BCUT2D eigenvalue weighted by Crippen LogP contribution is 2.61. The van der Waals surface area contributed by atoms with Crippen LogP contribution in [0.1, 0.15) is 46.2 Å². The van der Waals surface area contributed by atoms with Gasteiger partial charge in [0.1, 0.15) is 12.0 Å². The van der Waals surface area contributed by atoms with Crippen LogP contribution in [0.5, 0.6) is 5.75 Å². The molecule has 1 aromatic heterocycles. The molecule has 1 unspecified atom stereocenters. The minimum absolute atomic E-state index is 0.529. The molecular formula is C22H30N2O2. The van der Waals surface area contributed by atoms with Crippen LogP contribution in [-0.2, 0) is 6.54 Å². The van der Waals surface area contributed by atoms with Crippen molar-refractivity contribution in [3.05, 3.63) is 36.2 Å². The Morgan fingerprint density at radius 1 is 1.27 bits per heavy atom. The first-order valence-corrected chi connectivity index (χ1v) is 9.90. The van der Waals surface area contributed by atoms with Gasteiger partial charge in [0.25, 0.3) is 0 Å². The van der Waals surface area contributed by atoms with Gasteiger partial charge in [0, 0.05) is 12.6 Å². The smallest absolute Gasteiger partial charge is 0.229 e. The molecule has 0 radical (unpaired) electrons. The van der Waals surface area contributed by atoms with Crippen molar-refractivity contribution in [2.75, 3.05) is 6.61 Å². The molecule has 4 heteroatoms. The molecule has 3 fully saturated rings. The van der Waals surface area contributed by atoms with E-state index in [1.165, 1.54) is 12.8 Å². The van der Waals surface area contributed by atoms with Crippen LogP contribution in [0.4, 0.5) is 0 Å². The normalized spacial score (nSPS) is 29.2. The SMILES string of the molecule is CCOc1ccccc1-c1nc(CNC2C[C@@H]3C[C@H]([C@H]2C)C3(C)C)co1. The summed E-state index contributed by atoms with van der Waals surface area (Å²) in [6, 6.07) is 8.49. The largest absolute Gasteiger partial charge is 0.493 e. The summed E-state index contributed by atoms with van der Waals surface area (Å²) < 4.78 is 11.4. The second-order valence-corrected chi connectivity index (χ2v) is 8.52. The van der Waals surface area contributed by atoms with Crippen molar-refractivity contribution in [1.29, 1.82) is 0 Å². The Bertz CT molecular complexity index is 767. The number of hydrogen-bond donors (Lipinski definition) is 1. The topological polar surface area (TPSA) is 47.3 Å². The zero-order valence-electron chi connectivity index (χ0n) is 16.3. The molecule has 0 spiro atoms. The van der Waals surface area contributed by atoms with Gasteiger partial charge in [-0.05, 0) is 55.1 Å². The van der Waals surface area contributed by atoms with Crippen LogP contribution in [0, 0.1) is 23.2 Å². The molecule has 26 heavy (non-hydrogen) atoms. The van der Waals surface area contributed by atoms with Gasteiger partial charge in [-0.25, -0.2) is 4.98 Å². The Morgan fingerprint density at radius 2 is 2.08 bits per heavy atom. The van der Waals surface area contributed by atoms with Crippen molar-refractivity contribution >= 4 is 0 Å². The van der Waals surface area contributed by atoms with Crippen molar-refractivity contribution in [2.24, 2.45) is 23.2 Å². The Labute approximate surface area is 156 Å². The third-order valence-electron chi connectivity index (χ3n) is 6.87. The minimum atomic E-state index is 0.529. The predicted molar refractivity (Wildman–Crippen MR) is 103 cm³/mol. The lowest BCUT2D eigenvalue weighted by Crippen LogP contribution is -2.59. The molecule has 2 aromatic rings. The molecule has 140 valence electrons. The van der Waals surface area contributed by atoms with Crippen LogP contribution in [0.2, 0.25) is 0 Å². The molecule has 0 saturated heterocycles. The number of hydrogen-bond acceptors (Lipinski definition) is 4. The van der Waals surface area contributed by atoms with Crippen LogP contribution >= 0.6 is 0 Å². The van der Waals surface area contributed by atoms with Crippen molar-refractivity contribution in [3.63, 3.8) is 0 Å². The van der Waals surface area contributed by atoms with Crippen molar-refractivity contribution < 1.29 is 9.15 Å². The highest BCUT2D eigenvalue weighted by atomic mass is 16.5. The molecule has 4 nitrogen and oxygen atoms in total. The van der Waals surface area contributed by atoms with E-state index in [0.29, 0.717) is 24.0 Å². The minimum Gasteiger partial charge on any atom is -0.493 e. The van der Waals surface area contributed by atoms with E-state index < -0.39 is 0 Å². The van der Waals surface area contributed by atoms with E-state index in [-0.39, 0.29) is 0 Å². The summed E-state index contributed by atoms with van der Waals surface area (Å²) in [5.74, 6) is 3.89. The van der Waals surface area contributed by atoms with Crippen LogP contribution < -0.4 is 10.1 Å². The first-order valence-electron chi connectivity index (χ1n) is 9.90. The molecule has 4 atom stereocenters. The Kier molecular flexibility index (Phi) is 4.55. The fourth-order valence-electron chi connectivity index (χ4n) is 5.09. The molecular weight excluding hydrogens is 324 g/mol. The van der Waals surface area contributed by atoms with E-state index >= 15 is 0 Å². The summed E-state index contributed by atoms with van der Waals surface area (Å²) >= 11 is 0. The summed E-state index contributed by atoms with van der Waals surface area (Å²) in [5, 5.41) is 3.74. The monoisotopic (exact) mass is 354 g/mol. The summed E-state index contributed by atoms with van der Waals surface area (Å²) in [6.45, 7) is 10.7. The van der Waals surface area contributed by atoms with Gasteiger partial charge in [0.2, 0.25) is 5.89 Å². The van der Waals surface area contributed by atoms with Gasteiger partial charge in [0.05, 0.1) is 17.9 Å². The Hall–Kier alpha value is -1.81. The number of nitrogens with one attached hydrogen (secondary N) is 1. The molecule has 3 saturated carbocycles. The maximum atomic E-state index is 5.74. The highest BCUT2D eigenvalue weighted by molar-refractivity contribution is 5.62. The average molecular weight is 354 g/mol. The number of aromatic nitrogens is 1. The zero-order chi connectivity index (χ0) is 18.3. The fraction of sp³-hybridized carbons (Fsp3) is 0.591. The van der Waals surface area contributed by atoms with Crippen molar-refractivity contribution in [2.45, 2.75) is 53.1 Å². The number of ether oxygens (including phenoxy) is 1. The van der Waals surface area contributed by atoms with Gasteiger partial charge >= 0.3 is 0 Å². The van der Waals surface area contributed by atoms with Crippen molar-refractivity contribution in [3.8, 4) is 17.2 Å². The summed E-state index contributed by atoms with van der Waals surface area (Å²) in [7, 11) is 0. The van der Waals surface area contributed by atoms with E-state index in [1.807, 2.05) is 31.2 Å². The molecule has 1 heterocycles. The lowest BCUT2D eigenvalue weighted by Gasteiger charge is -2.62. The van der Waals surface area contributed by atoms with E-state index in [1.54, 1.807) is 6.26 Å². The number of nitrogens with zero attached hydrogens (tertiary/aromatic N) is 1. The lowest BCUT2D eigenvalue weighted by atomic mass is 9.45. The molecule has 0 aliphatic heterocycles. The van der Waals surface area contributed by atoms with Gasteiger partial charge in [0.15, 0.2) is 0 Å². The molecule has 1 N–H and O–H groups in total. The number of rotatable bonds is 6. The molecule has 1 aromatic carbocycles. The van der Waals surface area contributed by atoms with Crippen LogP contribution in [0.3, 0.4) is 0 Å². The lowest BCUT2D eigenvalue weighted by molar-refractivity contribution is -0.115. The van der Waals surface area contributed by atoms with E-state index in [0.717, 1.165) is 41.3 Å². The third-order valence-corrected chi connectivity index (χ3v) is 6.87. The van der Waals surface area contributed by atoms with Crippen LogP contribution in [0.25, 0.3) is 11.5 Å². The predicted octanol–water partition coefficient (Wildman–Crippen LogP) is 4.90. The quantitative estimate of drug-likeness (QED) is 0.801. The molecule has 0 amide bonds. The Morgan fingerprint density at radius 3 is 2.81 bits per heavy atom. The second kappa shape index (κ2) is 6.73. The maximum Gasteiger partial charge on any atom is 0.229 e. The average Bonchev–Trinajstić information content (AvgIpc) is 3.10. The second-order valence-electron chi connectivity index (χ2n) is 8.52. The maximum absolute atomic E-state index is 5.74. The van der Waals surface area contributed by atoms with Crippen molar-refractivity contribution in [1.82, 2.24) is 10.3 Å². The molecule has 2 bridgehead atoms. The molecule has 3 aliphatic carbocycles. The number of benzene rings is 1. The van der Waals surface area contributed by atoms with Gasteiger partial charge in [-0.2, -0.15) is 0 Å². The zero-order valence-corrected chi connectivity index (χ0v) is 16.3. The summed E-state index contributed by atoms with van der Waals surface area (Å²) in [4.78, 5) is 4.68. The summed E-state index contributed by atoms with van der Waals surface area (Å²) in [5.41, 5.74) is 2.40. The Balaban J connectivity index is 1.41. The first-order chi connectivity index (χ1) is 12.5. The van der Waals surface area contributed by atoms with E-state index in [9.17, 15) is 0 Å². The third kappa shape index (κ3) is 2.94. The van der Waals surface area contributed by atoms with Crippen LogP contribution in [-0.4, -0.2) is 17.6 Å². The van der Waals surface area contributed by atoms with Gasteiger partial charge < -0.3 is 14.5 Å².